The second kappa shape index (κ2) is 5.88. The normalized spacial score (nSPS) is 30.1. The molecule has 2 fully saturated rings. The van der Waals surface area contributed by atoms with Gasteiger partial charge in [-0.05, 0) is 53.2 Å². The Bertz CT molecular complexity index is 385. The first kappa shape index (κ1) is 15.5. The molecule has 0 spiro atoms. The van der Waals surface area contributed by atoms with Crippen molar-refractivity contribution in [2.24, 2.45) is 10.7 Å². The molecule has 5 nitrogen and oxygen atoms in total. The van der Waals surface area contributed by atoms with Crippen molar-refractivity contribution in [1.82, 2.24) is 0 Å². The predicted octanol–water partition coefficient (Wildman–Crippen LogP) is 2.06. The molecule has 0 aromatic heterocycles. The first-order chi connectivity index (χ1) is 9.36. The lowest BCUT2D eigenvalue weighted by atomic mass is 9.79. The van der Waals surface area contributed by atoms with E-state index in [4.69, 9.17) is 19.8 Å². The molecule has 2 aliphatic rings. The molecule has 1 atom stereocenters. The van der Waals surface area contributed by atoms with Crippen molar-refractivity contribution in [3.63, 3.8) is 0 Å². The zero-order valence-corrected chi connectivity index (χ0v) is 12.9. The summed E-state index contributed by atoms with van der Waals surface area (Å²) >= 11 is 0. The number of hydrogen-bond acceptors (Lipinski definition) is 5. The summed E-state index contributed by atoms with van der Waals surface area (Å²) < 4.78 is 17.5. The summed E-state index contributed by atoms with van der Waals surface area (Å²) in [6.07, 6.45) is 6.37. The molecule has 0 radical (unpaired) electrons. The van der Waals surface area contributed by atoms with E-state index in [1.807, 2.05) is 27.7 Å². The standard InChI is InChI=1S/C14H25BN2O3/c1-13(2)14(3,4)20-15(19-13)11(9-16)10-17-12-7-5-6-8-18-12/h9-10,12H,5-8,16H2,1-4H3/b11-9+,17-10+. The fourth-order valence-corrected chi connectivity index (χ4v) is 2.17. The zero-order chi connectivity index (χ0) is 14.8. The van der Waals surface area contributed by atoms with Gasteiger partial charge in [-0.15, -0.1) is 0 Å². The maximum Gasteiger partial charge on any atom is 0.497 e. The van der Waals surface area contributed by atoms with Gasteiger partial charge >= 0.3 is 7.12 Å². The van der Waals surface area contributed by atoms with Crippen molar-refractivity contribution in [3.8, 4) is 0 Å². The Labute approximate surface area is 121 Å². The molecule has 2 saturated heterocycles. The van der Waals surface area contributed by atoms with Crippen LogP contribution in [-0.4, -0.2) is 37.4 Å². The lowest BCUT2D eigenvalue weighted by Crippen LogP contribution is -2.41. The number of ether oxygens (including phenoxy) is 1. The minimum atomic E-state index is -0.475. The van der Waals surface area contributed by atoms with E-state index in [-0.39, 0.29) is 17.4 Å². The fraction of sp³-hybridized carbons (Fsp3) is 0.786. The molecule has 2 rings (SSSR count). The molecular formula is C14H25BN2O3. The lowest BCUT2D eigenvalue weighted by Gasteiger charge is -2.32. The summed E-state index contributed by atoms with van der Waals surface area (Å²) in [4.78, 5) is 4.44. The van der Waals surface area contributed by atoms with Gasteiger partial charge < -0.3 is 19.8 Å². The van der Waals surface area contributed by atoms with Crippen LogP contribution in [-0.2, 0) is 14.0 Å². The molecular weight excluding hydrogens is 255 g/mol. The maximum atomic E-state index is 5.95. The minimum Gasteiger partial charge on any atom is -0.405 e. The van der Waals surface area contributed by atoms with Crippen LogP contribution in [0.5, 0.6) is 0 Å². The minimum absolute atomic E-state index is 0.0684. The zero-order valence-electron chi connectivity index (χ0n) is 12.9. The molecule has 2 heterocycles. The highest BCUT2D eigenvalue weighted by atomic mass is 16.7. The van der Waals surface area contributed by atoms with E-state index in [1.165, 1.54) is 6.20 Å². The third-order valence-corrected chi connectivity index (χ3v) is 4.26. The van der Waals surface area contributed by atoms with Crippen LogP contribution >= 0.6 is 0 Å². The molecule has 1 unspecified atom stereocenters. The number of nitrogens with zero attached hydrogens (tertiary/aromatic N) is 1. The van der Waals surface area contributed by atoms with E-state index >= 15 is 0 Å². The van der Waals surface area contributed by atoms with Gasteiger partial charge in [0.1, 0.15) is 6.23 Å². The summed E-state index contributed by atoms with van der Waals surface area (Å²) in [7, 11) is -0.475. The third-order valence-electron chi connectivity index (χ3n) is 4.26. The van der Waals surface area contributed by atoms with Crippen LogP contribution in [0.2, 0.25) is 0 Å². The van der Waals surface area contributed by atoms with Crippen LogP contribution in [0.3, 0.4) is 0 Å². The van der Waals surface area contributed by atoms with Gasteiger partial charge in [-0.3, -0.25) is 4.99 Å². The van der Waals surface area contributed by atoms with Gasteiger partial charge in [0, 0.05) is 18.3 Å². The monoisotopic (exact) mass is 280 g/mol. The van der Waals surface area contributed by atoms with E-state index in [1.54, 1.807) is 6.21 Å². The second-order valence-corrected chi connectivity index (χ2v) is 6.35. The highest BCUT2D eigenvalue weighted by Crippen LogP contribution is 2.38. The van der Waals surface area contributed by atoms with E-state index in [0.717, 1.165) is 31.3 Å². The van der Waals surface area contributed by atoms with E-state index in [9.17, 15) is 0 Å². The Hall–Kier alpha value is -0.845. The van der Waals surface area contributed by atoms with Crippen LogP contribution in [0.15, 0.2) is 16.7 Å². The Morgan fingerprint density at radius 1 is 1.20 bits per heavy atom. The van der Waals surface area contributed by atoms with Crippen LogP contribution in [0, 0.1) is 0 Å². The first-order valence-electron chi connectivity index (χ1n) is 7.28. The molecule has 6 heteroatoms. The molecule has 2 N–H and O–H groups in total. The number of rotatable bonds is 3. The Morgan fingerprint density at radius 2 is 1.85 bits per heavy atom. The molecule has 0 bridgehead atoms. The van der Waals surface area contributed by atoms with Crippen molar-refractivity contribution in [2.45, 2.75) is 64.4 Å². The fourth-order valence-electron chi connectivity index (χ4n) is 2.17. The summed E-state index contributed by atoms with van der Waals surface area (Å²) in [5.74, 6) is 0. The molecule has 112 valence electrons. The Balaban J connectivity index is 2.01. The van der Waals surface area contributed by atoms with Crippen molar-refractivity contribution in [2.75, 3.05) is 6.61 Å². The number of aliphatic imine (C=N–C) groups is 1. The molecule has 0 aromatic carbocycles. The van der Waals surface area contributed by atoms with Crippen LogP contribution in [0.4, 0.5) is 0 Å². The second-order valence-electron chi connectivity index (χ2n) is 6.35. The number of nitrogens with two attached hydrogens (primary N) is 1. The largest absolute Gasteiger partial charge is 0.497 e. The van der Waals surface area contributed by atoms with E-state index in [2.05, 4.69) is 4.99 Å². The van der Waals surface area contributed by atoms with Crippen molar-refractivity contribution >= 4 is 13.3 Å². The van der Waals surface area contributed by atoms with Crippen LogP contribution in [0.1, 0.15) is 47.0 Å². The smallest absolute Gasteiger partial charge is 0.405 e. The molecule has 20 heavy (non-hydrogen) atoms. The Morgan fingerprint density at radius 3 is 2.35 bits per heavy atom. The number of hydrogen-bond donors (Lipinski definition) is 1. The number of allylic oxidation sites excluding steroid dienone is 1. The average Bonchev–Trinajstić information content (AvgIpc) is 2.60. The van der Waals surface area contributed by atoms with Gasteiger partial charge in [0.25, 0.3) is 0 Å². The van der Waals surface area contributed by atoms with Crippen molar-refractivity contribution in [1.29, 1.82) is 0 Å². The quantitative estimate of drug-likeness (QED) is 0.634. The average molecular weight is 280 g/mol. The van der Waals surface area contributed by atoms with Gasteiger partial charge in [0.2, 0.25) is 0 Å². The topological polar surface area (TPSA) is 66.1 Å². The summed E-state index contributed by atoms with van der Waals surface area (Å²) in [5, 5.41) is 0. The molecule has 0 saturated carbocycles. The summed E-state index contributed by atoms with van der Waals surface area (Å²) in [5.41, 5.74) is 5.68. The van der Waals surface area contributed by atoms with Gasteiger partial charge in [-0.25, -0.2) is 0 Å². The predicted molar refractivity (Wildman–Crippen MR) is 80.4 cm³/mol. The summed E-state index contributed by atoms with van der Waals surface area (Å²) in [6, 6.07) is 0. The van der Waals surface area contributed by atoms with Crippen LogP contribution in [0.25, 0.3) is 0 Å². The molecule has 0 amide bonds. The van der Waals surface area contributed by atoms with Crippen molar-refractivity contribution < 1.29 is 14.0 Å². The molecule has 0 aliphatic carbocycles. The highest BCUT2D eigenvalue weighted by molar-refractivity contribution is 6.60. The maximum absolute atomic E-state index is 5.95. The van der Waals surface area contributed by atoms with E-state index in [0.29, 0.717) is 0 Å². The third kappa shape index (κ3) is 3.24. The van der Waals surface area contributed by atoms with Gasteiger partial charge in [0.15, 0.2) is 0 Å². The SMILES string of the molecule is CC1(C)OB(C(=C/N)/C=N/C2CCCCO2)OC1(C)C. The van der Waals surface area contributed by atoms with Gasteiger partial charge in [0.05, 0.1) is 11.2 Å². The molecule has 0 aromatic rings. The van der Waals surface area contributed by atoms with Crippen molar-refractivity contribution in [3.05, 3.63) is 11.7 Å². The summed E-state index contributed by atoms with van der Waals surface area (Å²) in [6.45, 7) is 8.84. The van der Waals surface area contributed by atoms with E-state index < -0.39 is 7.12 Å². The lowest BCUT2D eigenvalue weighted by molar-refractivity contribution is 0.00578. The highest BCUT2D eigenvalue weighted by Gasteiger charge is 2.52. The van der Waals surface area contributed by atoms with Gasteiger partial charge in [-0.2, -0.15) is 0 Å². The Kier molecular flexibility index (Phi) is 4.57. The molecule has 2 aliphatic heterocycles. The van der Waals surface area contributed by atoms with Crippen LogP contribution < -0.4 is 5.73 Å². The first-order valence-corrected chi connectivity index (χ1v) is 7.28. The van der Waals surface area contributed by atoms with Gasteiger partial charge in [-0.1, -0.05) is 0 Å².